The molecule has 0 bridgehead atoms. The molecule has 1 aliphatic rings. The topological polar surface area (TPSA) is 84.3 Å². The number of benzene rings is 2. The number of nitrogens with one attached hydrogen (secondary N) is 1. The predicted molar refractivity (Wildman–Crippen MR) is 128 cm³/mol. The van der Waals surface area contributed by atoms with Gasteiger partial charge in [0.05, 0.1) is 18.8 Å². The molecule has 4 aromatic rings. The van der Waals surface area contributed by atoms with Crippen molar-refractivity contribution in [2.45, 2.75) is 24.6 Å². The van der Waals surface area contributed by atoms with Gasteiger partial charge in [-0.2, -0.15) is 13.2 Å². The summed E-state index contributed by atoms with van der Waals surface area (Å²) in [5, 5.41) is 14.7. The zero-order valence-corrected chi connectivity index (χ0v) is 19.5. The number of hydrogen-bond acceptors (Lipinski definition) is 5. The van der Waals surface area contributed by atoms with E-state index < -0.39 is 35.7 Å². The highest BCUT2D eigenvalue weighted by Crippen LogP contribution is 2.45. The number of aromatic nitrogens is 2. The normalized spacial score (nSPS) is 16.6. The van der Waals surface area contributed by atoms with Crippen LogP contribution in [0.3, 0.4) is 0 Å². The minimum absolute atomic E-state index is 0.0490. The molecule has 0 saturated carbocycles. The molecule has 0 fully saturated rings. The summed E-state index contributed by atoms with van der Waals surface area (Å²) in [4.78, 5) is 20.9. The molecule has 6 nitrogen and oxygen atoms in total. The van der Waals surface area contributed by atoms with Crippen LogP contribution in [0.1, 0.15) is 34.5 Å². The van der Waals surface area contributed by atoms with Gasteiger partial charge < -0.3 is 15.2 Å². The second-order valence-corrected chi connectivity index (χ2v) is 8.97. The summed E-state index contributed by atoms with van der Waals surface area (Å²) in [7, 11) is 0. The first-order valence-corrected chi connectivity index (χ1v) is 11.4. The highest BCUT2D eigenvalue weighted by atomic mass is 19.4. The maximum absolute atomic E-state index is 14.4. The summed E-state index contributed by atoms with van der Waals surface area (Å²) in [5.74, 6) is -1.31. The molecular formula is C27H21F4N3O3. The summed E-state index contributed by atoms with van der Waals surface area (Å²) in [6, 6.07) is 12.6. The van der Waals surface area contributed by atoms with Crippen LogP contribution in [0.2, 0.25) is 0 Å². The van der Waals surface area contributed by atoms with E-state index in [2.05, 4.69) is 15.3 Å². The fourth-order valence-corrected chi connectivity index (χ4v) is 4.26. The summed E-state index contributed by atoms with van der Waals surface area (Å²) < 4.78 is 62.2. The Bertz CT molecular complexity index is 1490. The van der Waals surface area contributed by atoms with Crippen LogP contribution in [0.5, 0.6) is 5.75 Å². The second kappa shape index (κ2) is 9.11. The number of nitrogens with zero attached hydrogens (tertiary/aromatic N) is 2. The minimum atomic E-state index is -5.18. The number of aliphatic hydroxyl groups is 1. The molecule has 2 aromatic heterocycles. The molecule has 0 unspecified atom stereocenters. The quantitative estimate of drug-likeness (QED) is 0.364. The van der Waals surface area contributed by atoms with Crippen LogP contribution in [0.25, 0.3) is 22.0 Å². The molecule has 2 N–H and O–H groups in total. The Kier molecular flexibility index (Phi) is 6.07. The average molecular weight is 511 g/mol. The second-order valence-electron chi connectivity index (χ2n) is 8.97. The van der Waals surface area contributed by atoms with Crippen molar-refractivity contribution in [2.75, 3.05) is 13.2 Å². The molecule has 190 valence electrons. The molecule has 0 saturated heterocycles. The Labute approximate surface area is 208 Å². The number of rotatable bonds is 5. The molecule has 0 aliphatic carbocycles. The summed E-state index contributed by atoms with van der Waals surface area (Å²) >= 11 is 0. The van der Waals surface area contributed by atoms with Gasteiger partial charge in [-0.15, -0.1) is 0 Å². The van der Waals surface area contributed by atoms with E-state index in [4.69, 9.17) is 4.74 Å². The van der Waals surface area contributed by atoms with Crippen LogP contribution >= 0.6 is 0 Å². The number of halogens is 4. The van der Waals surface area contributed by atoms with Gasteiger partial charge in [-0.25, -0.2) is 9.37 Å². The number of fused-ring (bicyclic) bond motifs is 2. The van der Waals surface area contributed by atoms with Gasteiger partial charge in [0.25, 0.3) is 5.91 Å². The average Bonchev–Trinajstić information content (AvgIpc) is 3.26. The van der Waals surface area contributed by atoms with Crippen molar-refractivity contribution < 1.29 is 32.2 Å². The first-order chi connectivity index (χ1) is 17.6. The van der Waals surface area contributed by atoms with Crippen LogP contribution in [0.4, 0.5) is 17.6 Å². The molecule has 3 heterocycles. The van der Waals surface area contributed by atoms with Gasteiger partial charge in [-0.05, 0) is 53.9 Å². The number of ether oxygens (including phenoxy) is 1. The van der Waals surface area contributed by atoms with Crippen LogP contribution in [0.15, 0.2) is 67.0 Å². The van der Waals surface area contributed by atoms with Crippen molar-refractivity contribution in [3.8, 4) is 17.0 Å². The van der Waals surface area contributed by atoms with E-state index in [1.807, 2.05) is 0 Å². The number of hydrogen-bond donors (Lipinski definition) is 2. The lowest BCUT2D eigenvalue weighted by atomic mass is 9.92. The SMILES string of the molecule is C[C@@H]1COc2c1cc([C@@](O)(CNC(=O)c1ccc3ccncc3c1)C(F)(F)F)nc2-c1ccc(F)cc1. The van der Waals surface area contributed by atoms with Gasteiger partial charge in [0, 0.05) is 40.4 Å². The van der Waals surface area contributed by atoms with Gasteiger partial charge in [0.1, 0.15) is 17.3 Å². The first kappa shape index (κ1) is 24.6. The smallest absolute Gasteiger partial charge is 0.424 e. The molecule has 2 aromatic carbocycles. The third-order valence-electron chi connectivity index (χ3n) is 6.43. The maximum Gasteiger partial charge on any atom is 0.424 e. The molecule has 37 heavy (non-hydrogen) atoms. The Morgan fingerprint density at radius 2 is 1.86 bits per heavy atom. The molecular weight excluding hydrogens is 490 g/mol. The highest BCUT2D eigenvalue weighted by molar-refractivity contribution is 5.98. The van der Waals surface area contributed by atoms with Crippen LogP contribution < -0.4 is 10.1 Å². The lowest BCUT2D eigenvalue weighted by molar-refractivity contribution is -0.265. The fourth-order valence-electron chi connectivity index (χ4n) is 4.26. The van der Waals surface area contributed by atoms with Crippen molar-refractivity contribution >= 4 is 16.7 Å². The monoisotopic (exact) mass is 511 g/mol. The maximum atomic E-state index is 14.4. The summed E-state index contributed by atoms with van der Waals surface area (Å²) in [5.41, 5.74) is -3.28. The molecule has 10 heteroatoms. The number of carbonyl (C=O) groups is 1. The van der Waals surface area contributed by atoms with Crippen LogP contribution in [0, 0.1) is 5.82 Å². The lowest BCUT2D eigenvalue weighted by Crippen LogP contribution is -2.51. The standard InChI is InChI=1S/C27H21F4N3O3/c1-15-13-37-24-21(15)11-22(34-23(24)17-4-6-20(28)7-5-17)26(36,27(29,30)31)14-33-25(35)18-3-2-16-8-9-32-12-19(16)10-18/h2-12,15,36H,13-14H2,1H3,(H,33,35)/t15-,26+/m1/s1. The lowest BCUT2D eigenvalue weighted by Gasteiger charge is -2.31. The Balaban J connectivity index is 1.52. The number of alkyl halides is 3. The minimum Gasteiger partial charge on any atom is -0.490 e. The Hall–Kier alpha value is -4.05. The van der Waals surface area contributed by atoms with E-state index in [9.17, 15) is 27.5 Å². The largest absolute Gasteiger partial charge is 0.490 e. The van der Waals surface area contributed by atoms with Crippen molar-refractivity contribution in [3.63, 3.8) is 0 Å². The third kappa shape index (κ3) is 4.48. The molecule has 2 atom stereocenters. The molecule has 1 amide bonds. The highest BCUT2D eigenvalue weighted by Gasteiger charge is 2.57. The van der Waals surface area contributed by atoms with Gasteiger partial charge in [0.15, 0.2) is 0 Å². The van der Waals surface area contributed by atoms with Crippen LogP contribution in [-0.2, 0) is 5.60 Å². The number of pyridine rings is 2. The van der Waals surface area contributed by atoms with E-state index >= 15 is 0 Å². The van der Waals surface area contributed by atoms with Crippen LogP contribution in [-0.4, -0.2) is 40.3 Å². The van der Waals surface area contributed by atoms with E-state index in [0.29, 0.717) is 16.5 Å². The zero-order chi connectivity index (χ0) is 26.4. The van der Waals surface area contributed by atoms with Crippen molar-refractivity contribution in [2.24, 2.45) is 0 Å². The molecule has 1 aliphatic heterocycles. The van der Waals surface area contributed by atoms with E-state index in [1.54, 1.807) is 25.3 Å². The van der Waals surface area contributed by atoms with Crippen molar-refractivity contribution in [1.29, 1.82) is 0 Å². The Morgan fingerprint density at radius 1 is 1.11 bits per heavy atom. The summed E-state index contributed by atoms with van der Waals surface area (Å²) in [6.07, 6.45) is -2.06. The van der Waals surface area contributed by atoms with Crippen molar-refractivity contribution in [1.82, 2.24) is 15.3 Å². The van der Waals surface area contributed by atoms with Gasteiger partial charge in [0.2, 0.25) is 5.60 Å². The van der Waals surface area contributed by atoms with Gasteiger partial charge in [-0.1, -0.05) is 13.0 Å². The first-order valence-electron chi connectivity index (χ1n) is 11.4. The molecule has 5 rings (SSSR count). The third-order valence-corrected chi connectivity index (χ3v) is 6.43. The summed E-state index contributed by atoms with van der Waals surface area (Å²) in [6.45, 7) is 0.810. The molecule has 0 radical (unpaired) electrons. The zero-order valence-electron chi connectivity index (χ0n) is 19.5. The number of carbonyl (C=O) groups excluding carboxylic acids is 1. The molecule has 0 spiro atoms. The predicted octanol–water partition coefficient (Wildman–Crippen LogP) is 5.11. The van der Waals surface area contributed by atoms with Crippen molar-refractivity contribution in [3.05, 3.63) is 89.6 Å². The van der Waals surface area contributed by atoms with E-state index in [1.165, 1.54) is 30.5 Å². The van der Waals surface area contributed by atoms with E-state index in [0.717, 1.165) is 23.6 Å². The fraction of sp³-hybridized carbons (Fsp3) is 0.222. The van der Waals surface area contributed by atoms with E-state index in [-0.39, 0.29) is 29.5 Å². The number of amides is 1. The van der Waals surface area contributed by atoms with Gasteiger partial charge in [-0.3, -0.25) is 9.78 Å². The van der Waals surface area contributed by atoms with Gasteiger partial charge >= 0.3 is 6.18 Å². The Morgan fingerprint density at radius 3 is 2.59 bits per heavy atom.